The van der Waals surface area contributed by atoms with E-state index in [1.54, 1.807) is 36.2 Å². The summed E-state index contributed by atoms with van der Waals surface area (Å²) in [5.74, 6) is -1.59. The molecule has 1 fully saturated rings. The van der Waals surface area contributed by atoms with Gasteiger partial charge >= 0.3 is 0 Å². The predicted molar refractivity (Wildman–Crippen MR) is 90.2 cm³/mol. The molecule has 25 heavy (non-hydrogen) atoms. The van der Waals surface area contributed by atoms with Crippen LogP contribution in [0.15, 0.2) is 42.5 Å². The first kappa shape index (κ1) is 17.1. The van der Waals surface area contributed by atoms with Crippen molar-refractivity contribution in [2.24, 2.45) is 0 Å². The molecule has 0 radical (unpaired) electrons. The molecule has 2 aromatic rings. The summed E-state index contributed by atoms with van der Waals surface area (Å²) in [6.45, 7) is 0.672. The Morgan fingerprint density at radius 2 is 2.00 bits per heavy atom. The number of benzene rings is 2. The maximum atomic E-state index is 13.8. The predicted octanol–water partition coefficient (Wildman–Crippen LogP) is 3.36. The van der Waals surface area contributed by atoms with E-state index in [4.69, 9.17) is 0 Å². The smallest absolute Gasteiger partial charge is 0.253 e. The Hall–Kier alpha value is -2.76. The quantitative estimate of drug-likeness (QED) is 0.853. The molecule has 0 aromatic heterocycles. The number of anilines is 1. The number of rotatable bonds is 4. The van der Waals surface area contributed by atoms with Crippen LogP contribution >= 0.6 is 0 Å². The monoisotopic (exact) mass is 344 g/mol. The van der Waals surface area contributed by atoms with Gasteiger partial charge in [0, 0.05) is 49.4 Å². The Bertz CT molecular complexity index is 823. The maximum absolute atomic E-state index is 13.8. The summed E-state index contributed by atoms with van der Waals surface area (Å²) in [4.78, 5) is 27.5. The van der Waals surface area contributed by atoms with Gasteiger partial charge in [-0.15, -0.1) is 0 Å². The molecule has 0 N–H and O–H groups in total. The van der Waals surface area contributed by atoms with Crippen molar-refractivity contribution in [2.45, 2.75) is 19.4 Å². The summed E-state index contributed by atoms with van der Waals surface area (Å²) in [5, 5.41) is 0. The first-order valence-electron chi connectivity index (χ1n) is 8.05. The van der Waals surface area contributed by atoms with E-state index in [9.17, 15) is 18.4 Å². The SMILES string of the molecule is CN(Cc1ccc(F)cc1F)C(=O)c1cccc(N2CCCC2=O)c1. The van der Waals surface area contributed by atoms with Gasteiger partial charge < -0.3 is 9.80 Å². The Labute approximate surface area is 144 Å². The highest BCUT2D eigenvalue weighted by Gasteiger charge is 2.23. The number of hydrogen-bond donors (Lipinski definition) is 0. The minimum absolute atomic E-state index is 0.0256. The van der Waals surface area contributed by atoms with Gasteiger partial charge in [0.05, 0.1) is 0 Å². The number of halogens is 2. The molecule has 1 heterocycles. The van der Waals surface area contributed by atoms with Crippen LogP contribution in [0.25, 0.3) is 0 Å². The molecule has 6 heteroatoms. The molecule has 1 aliphatic rings. The highest BCUT2D eigenvalue weighted by molar-refractivity contribution is 5.99. The van der Waals surface area contributed by atoms with E-state index in [2.05, 4.69) is 0 Å². The van der Waals surface area contributed by atoms with Gasteiger partial charge in [0.25, 0.3) is 5.91 Å². The number of hydrogen-bond acceptors (Lipinski definition) is 2. The van der Waals surface area contributed by atoms with Gasteiger partial charge in [0.2, 0.25) is 5.91 Å². The zero-order chi connectivity index (χ0) is 18.0. The van der Waals surface area contributed by atoms with Crippen LogP contribution in [0, 0.1) is 11.6 Å². The molecule has 0 spiro atoms. The van der Waals surface area contributed by atoms with E-state index >= 15 is 0 Å². The van der Waals surface area contributed by atoms with Crippen molar-refractivity contribution in [1.82, 2.24) is 4.90 Å². The Morgan fingerprint density at radius 1 is 1.20 bits per heavy atom. The zero-order valence-electron chi connectivity index (χ0n) is 13.8. The second-order valence-electron chi connectivity index (χ2n) is 6.10. The second-order valence-corrected chi connectivity index (χ2v) is 6.10. The zero-order valence-corrected chi connectivity index (χ0v) is 13.8. The number of nitrogens with zero attached hydrogens (tertiary/aromatic N) is 2. The fourth-order valence-corrected chi connectivity index (χ4v) is 2.93. The molecule has 4 nitrogen and oxygen atoms in total. The molecule has 0 saturated carbocycles. The van der Waals surface area contributed by atoms with E-state index < -0.39 is 11.6 Å². The molecule has 0 aliphatic carbocycles. The van der Waals surface area contributed by atoms with Crippen molar-refractivity contribution in [3.63, 3.8) is 0 Å². The largest absolute Gasteiger partial charge is 0.337 e. The fraction of sp³-hybridized carbons (Fsp3) is 0.263. The molecule has 0 unspecified atom stereocenters. The molecule has 130 valence electrons. The molecule has 2 aromatic carbocycles. The van der Waals surface area contributed by atoms with Crippen LogP contribution in [-0.4, -0.2) is 30.3 Å². The van der Waals surface area contributed by atoms with Crippen molar-refractivity contribution in [1.29, 1.82) is 0 Å². The van der Waals surface area contributed by atoms with Crippen molar-refractivity contribution >= 4 is 17.5 Å². The summed E-state index contributed by atoms with van der Waals surface area (Å²) < 4.78 is 26.7. The van der Waals surface area contributed by atoms with Gasteiger partial charge in [-0.1, -0.05) is 12.1 Å². The first-order valence-corrected chi connectivity index (χ1v) is 8.05. The Balaban J connectivity index is 1.77. The molecule has 1 saturated heterocycles. The standard InChI is InChI=1S/C19H18F2N2O2/c1-22(12-14-7-8-15(20)11-17(14)21)19(25)13-4-2-5-16(10-13)23-9-3-6-18(23)24/h2,4-5,7-8,10-11H,3,6,9,12H2,1H3. The van der Waals surface area contributed by atoms with Crippen molar-refractivity contribution < 1.29 is 18.4 Å². The highest BCUT2D eigenvalue weighted by Crippen LogP contribution is 2.23. The molecule has 1 aliphatic heterocycles. The highest BCUT2D eigenvalue weighted by atomic mass is 19.1. The molecule has 0 bridgehead atoms. The molecular formula is C19H18F2N2O2. The van der Waals surface area contributed by atoms with Gasteiger partial charge in [0.1, 0.15) is 11.6 Å². The van der Waals surface area contributed by atoms with Crippen molar-refractivity contribution in [2.75, 3.05) is 18.5 Å². The van der Waals surface area contributed by atoms with Crippen molar-refractivity contribution in [3.8, 4) is 0 Å². The third-order valence-electron chi connectivity index (χ3n) is 4.25. The van der Waals surface area contributed by atoms with E-state index in [1.807, 2.05) is 0 Å². The summed E-state index contributed by atoms with van der Waals surface area (Å²) >= 11 is 0. The molecule has 3 rings (SSSR count). The average Bonchev–Trinajstić information content (AvgIpc) is 3.03. The minimum Gasteiger partial charge on any atom is -0.337 e. The summed E-state index contributed by atoms with van der Waals surface area (Å²) in [6, 6.07) is 10.1. The van der Waals surface area contributed by atoms with Gasteiger partial charge in [-0.3, -0.25) is 9.59 Å². The summed E-state index contributed by atoms with van der Waals surface area (Å²) in [7, 11) is 1.55. The molecule has 2 amide bonds. The fourth-order valence-electron chi connectivity index (χ4n) is 2.93. The van der Waals surface area contributed by atoms with E-state index in [0.29, 0.717) is 24.2 Å². The van der Waals surface area contributed by atoms with Gasteiger partial charge in [-0.25, -0.2) is 8.78 Å². The maximum Gasteiger partial charge on any atom is 0.253 e. The van der Waals surface area contributed by atoms with Crippen LogP contribution in [0.4, 0.5) is 14.5 Å². The lowest BCUT2D eigenvalue weighted by Crippen LogP contribution is -2.28. The lowest BCUT2D eigenvalue weighted by Gasteiger charge is -2.20. The van der Waals surface area contributed by atoms with Gasteiger partial charge in [-0.05, 0) is 30.7 Å². The van der Waals surface area contributed by atoms with Gasteiger partial charge in [0.15, 0.2) is 0 Å². The van der Waals surface area contributed by atoms with Crippen LogP contribution in [0.5, 0.6) is 0 Å². The molecule has 0 atom stereocenters. The second kappa shape index (κ2) is 7.01. The van der Waals surface area contributed by atoms with Crippen molar-refractivity contribution in [3.05, 3.63) is 65.2 Å². The van der Waals surface area contributed by atoms with Crippen LogP contribution in [0.1, 0.15) is 28.8 Å². The van der Waals surface area contributed by atoms with Crippen LogP contribution in [0.2, 0.25) is 0 Å². The first-order chi connectivity index (χ1) is 12.0. The Kier molecular flexibility index (Phi) is 4.79. The summed E-state index contributed by atoms with van der Waals surface area (Å²) in [5.41, 5.74) is 1.35. The van der Waals surface area contributed by atoms with Crippen LogP contribution < -0.4 is 4.90 Å². The lowest BCUT2D eigenvalue weighted by atomic mass is 10.1. The topological polar surface area (TPSA) is 40.6 Å². The summed E-state index contributed by atoms with van der Waals surface area (Å²) in [6.07, 6.45) is 1.32. The minimum atomic E-state index is -0.684. The number of carbonyl (C=O) groups is 2. The van der Waals surface area contributed by atoms with E-state index in [0.717, 1.165) is 18.6 Å². The number of amides is 2. The average molecular weight is 344 g/mol. The third kappa shape index (κ3) is 3.68. The Morgan fingerprint density at radius 3 is 2.68 bits per heavy atom. The third-order valence-corrected chi connectivity index (χ3v) is 4.25. The normalized spacial score (nSPS) is 14.0. The number of carbonyl (C=O) groups excluding carboxylic acids is 2. The van der Waals surface area contributed by atoms with Crippen LogP contribution in [-0.2, 0) is 11.3 Å². The lowest BCUT2D eigenvalue weighted by molar-refractivity contribution is -0.117. The van der Waals surface area contributed by atoms with E-state index in [-0.39, 0.29) is 23.9 Å². The van der Waals surface area contributed by atoms with Gasteiger partial charge in [-0.2, -0.15) is 0 Å². The molecular weight excluding hydrogens is 326 g/mol. The van der Waals surface area contributed by atoms with E-state index in [1.165, 1.54) is 11.0 Å². The van der Waals surface area contributed by atoms with Crippen LogP contribution in [0.3, 0.4) is 0 Å².